The molecular weight excluding hydrogens is 248 g/mol. The normalized spacial score (nSPS) is 40.8. The molecule has 0 aromatic heterocycles. The summed E-state index contributed by atoms with van der Waals surface area (Å²) in [4.78, 5) is 2.53. The molecule has 0 amide bonds. The summed E-state index contributed by atoms with van der Waals surface area (Å²) in [5.41, 5.74) is 6.79. The molecule has 0 spiro atoms. The maximum absolute atomic E-state index is 9.85. The summed E-state index contributed by atoms with van der Waals surface area (Å²) in [6.07, 6.45) is 4.56. The first kappa shape index (κ1) is 16.3. The minimum atomic E-state index is -0.103. The molecule has 0 aromatic rings. The summed E-state index contributed by atoms with van der Waals surface area (Å²) < 4.78 is 0. The molecule has 5 atom stereocenters. The van der Waals surface area contributed by atoms with Crippen LogP contribution in [0.1, 0.15) is 53.4 Å². The number of hydrogen-bond donors (Lipinski definition) is 2. The van der Waals surface area contributed by atoms with E-state index in [0.29, 0.717) is 23.3 Å². The van der Waals surface area contributed by atoms with Gasteiger partial charge >= 0.3 is 0 Å². The standard InChI is InChI=1S/C17H34N2O/c1-12-10-19(8-7-16(12)20)11-13-9-14(17(2,3)4)5-6-15(13)18/h12-16,20H,5-11,18H2,1-4H3. The van der Waals surface area contributed by atoms with Crippen LogP contribution in [0.4, 0.5) is 0 Å². The first-order valence-corrected chi connectivity index (χ1v) is 8.43. The van der Waals surface area contributed by atoms with E-state index in [0.717, 1.165) is 32.0 Å². The van der Waals surface area contributed by atoms with Gasteiger partial charge in [0.25, 0.3) is 0 Å². The van der Waals surface area contributed by atoms with Crippen LogP contribution in [-0.4, -0.2) is 41.8 Å². The van der Waals surface area contributed by atoms with Gasteiger partial charge in [-0.05, 0) is 48.9 Å². The fourth-order valence-electron chi connectivity index (χ4n) is 4.00. The highest BCUT2D eigenvalue weighted by Crippen LogP contribution is 2.40. The van der Waals surface area contributed by atoms with E-state index >= 15 is 0 Å². The van der Waals surface area contributed by atoms with Crippen LogP contribution >= 0.6 is 0 Å². The van der Waals surface area contributed by atoms with E-state index in [-0.39, 0.29) is 6.10 Å². The first-order chi connectivity index (χ1) is 9.27. The Balaban J connectivity index is 1.90. The Hall–Kier alpha value is -0.120. The molecule has 0 bridgehead atoms. The minimum absolute atomic E-state index is 0.103. The number of nitrogens with two attached hydrogens (primary N) is 1. The number of rotatable bonds is 2. The number of nitrogens with zero attached hydrogens (tertiary/aromatic N) is 1. The molecule has 2 fully saturated rings. The Bertz CT molecular complexity index is 313. The van der Waals surface area contributed by atoms with Gasteiger partial charge in [-0.25, -0.2) is 0 Å². The Morgan fingerprint density at radius 2 is 1.90 bits per heavy atom. The lowest BCUT2D eigenvalue weighted by molar-refractivity contribution is 0.0184. The van der Waals surface area contributed by atoms with Gasteiger partial charge in [-0.1, -0.05) is 27.7 Å². The van der Waals surface area contributed by atoms with Crippen molar-refractivity contribution in [1.82, 2.24) is 4.90 Å². The topological polar surface area (TPSA) is 49.5 Å². The highest BCUT2D eigenvalue weighted by molar-refractivity contribution is 4.90. The zero-order valence-corrected chi connectivity index (χ0v) is 13.8. The quantitative estimate of drug-likeness (QED) is 0.818. The molecule has 1 aliphatic heterocycles. The van der Waals surface area contributed by atoms with Gasteiger partial charge in [-0.15, -0.1) is 0 Å². The monoisotopic (exact) mass is 282 g/mol. The van der Waals surface area contributed by atoms with Crippen LogP contribution in [0.25, 0.3) is 0 Å². The fraction of sp³-hybridized carbons (Fsp3) is 1.00. The molecule has 1 aliphatic carbocycles. The van der Waals surface area contributed by atoms with Crippen molar-refractivity contribution < 1.29 is 5.11 Å². The second kappa shape index (κ2) is 6.33. The number of likely N-dealkylation sites (tertiary alicyclic amines) is 1. The van der Waals surface area contributed by atoms with Gasteiger partial charge in [0.05, 0.1) is 6.10 Å². The smallest absolute Gasteiger partial charge is 0.0590 e. The molecule has 1 heterocycles. The van der Waals surface area contributed by atoms with Crippen LogP contribution in [0.2, 0.25) is 0 Å². The van der Waals surface area contributed by atoms with Gasteiger partial charge in [0, 0.05) is 25.7 Å². The van der Waals surface area contributed by atoms with Gasteiger partial charge in [-0.3, -0.25) is 0 Å². The molecule has 2 aliphatic rings. The molecule has 3 N–H and O–H groups in total. The van der Waals surface area contributed by atoms with Gasteiger partial charge in [0.2, 0.25) is 0 Å². The number of aliphatic hydroxyl groups excluding tert-OH is 1. The molecule has 0 aromatic carbocycles. The number of piperidine rings is 1. The third-order valence-electron chi connectivity index (χ3n) is 5.70. The average Bonchev–Trinajstić information content (AvgIpc) is 2.35. The van der Waals surface area contributed by atoms with Crippen LogP contribution in [-0.2, 0) is 0 Å². The molecule has 3 heteroatoms. The molecule has 118 valence electrons. The average molecular weight is 282 g/mol. The maximum Gasteiger partial charge on any atom is 0.0590 e. The van der Waals surface area contributed by atoms with Crippen molar-refractivity contribution >= 4 is 0 Å². The predicted molar refractivity (Wildman–Crippen MR) is 84.5 cm³/mol. The van der Waals surface area contributed by atoms with E-state index in [1.165, 1.54) is 19.3 Å². The second-order valence-corrected chi connectivity index (χ2v) is 8.39. The van der Waals surface area contributed by atoms with Crippen LogP contribution in [0.15, 0.2) is 0 Å². The zero-order chi connectivity index (χ0) is 14.9. The summed E-state index contributed by atoms with van der Waals surface area (Å²) in [7, 11) is 0. The third kappa shape index (κ3) is 3.96. The summed E-state index contributed by atoms with van der Waals surface area (Å²) in [6.45, 7) is 12.5. The lowest BCUT2D eigenvalue weighted by Gasteiger charge is -2.43. The van der Waals surface area contributed by atoms with Gasteiger partial charge in [0.1, 0.15) is 0 Å². The van der Waals surface area contributed by atoms with Crippen molar-refractivity contribution in [1.29, 1.82) is 0 Å². The molecule has 20 heavy (non-hydrogen) atoms. The molecule has 0 radical (unpaired) electrons. The van der Waals surface area contributed by atoms with E-state index in [2.05, 4.69) is 32.6 Å². The summed E-state index contributed by atoms with van der Waals surface area (Å²) in [6, 6.07) is 0.371. The molecule has 2 rings (SSSR count). The maximum atomic E-state index is 9.85. The zero-order valence-electron chi connectivity index (χ0n) is 13.8. The van der Waals surface area contributed by atoms with Crippen LogP contribution in [0, 0.1) is 23.2 Å². The van der Waals surface area contributed by atoms with Crippen molar-refractivity contribution in [3.8, 4) is 0 Å². The van der Waals surface area contributed by atoms with Crippen molar-refractivity contribution in [3.05, 3.63) is 0 Å². The first-order valence-electron chi connectivity index (χ1n) is 8.43. The SMILES string of the molecule is CC1CN(CC2CC(C(C)(C)C)CCC2N)CCC1O. The van der Waals surface area contributed by atoms with Gasteiger partial charge in [-0.2, -0.15) is 0 Å². The Kier molecular flexibility index (Phi) is 5.14. The van der Waals surface area contributed by atoms with Crippen LogP contribution in [0.5, 0.6) is 0 Å². The number of aliphatic hydroxyl groups is 1. The molecular formula is C17H34N2O. The van der Waals surface area contributed by atoms with E-state index < -0.39 is 0 Å². The van der Waals surface area contributed by atoms with Crippen molar-refractivity contribution in [2.24, 2.45) is 28.9 Å². The predicted octanol–water partition coefficient (Wildman–Crippen LogP) is 2.48. The molecule has 1 saturated heterocycles. The Morgan fingerprint density at radius 1 is 1.20 bits per heavy atom. The largest absolute Gasteiger partial charge is 0.393 e. The summed E-state index contributed by atoms with van der Waals surface area (Å²) in [5, 5.41) is 9.85. The molecule has 5 unspecified atom stereocenters. The van der Waals surface area contributed by atoms with Gasteiger partial charge in [0.15, 0.2) is 0 Å². The Labute approximate surface area is 124 Å². The Morgan fingerprint density at radius 3 is 2.50 bits per heavy atom. The van der Waals surface area contributed by atoms with Crippen LogP contribution < -0.4 is 5.73 Å². The van der Waals surface area contributed by atoms with E-state index in [4.69, 9.17) is 5.73 Å². The van der Waals surface area contributed by atoms with Crippen molar-refractivity contribution in [2.45, 2.75) is 65.5 Å². The highest BCUT2D eigenvalue weighted by Gasteiger charge is 2.36. The van der Waals surface area contributed by atoms with Gasteiger partial charge < -0.3 is 15.7 Å². The lowest BCUT2D eigenvalue weighted by atomic mass is 9.67. The lowest BCUT2D eigenvalue weighted by Crippen LogP contribution is -2.49. The minimum Gasteiger partial charge on any atom is -0.393 e. The summed E-state index contributed by atoms with van der Waals surface area (Å²) >= 11 is 0. The fourth-order valence-corrected chi connectivity index (χ4v) is 4.00. The van der Waals surface area contributed by atoms with E-state index in [1.807, 2.05) is 0 Å². The van der Waals surface area contributed by atoms with E-state index in [1.54, 1.807) is 0 Å². The van der Waals surface area contributed by atoms with Crippen LogP contribution in [0.3, 0.4) is 0 Å². The second-order valence-electron chi connectivity index (χ2n) is 8.39. The van der Waals surface area contributed by atoms with Crippen molar-refractivity contribution in [3.63, 3.8) is 0 Å². The van der Waals surface area contributed by atoms with E-state index in [9.17, 15) is 5.11 Å². The summed E-state index contributed by atoms with van der Waals surface area (Å²) in [5.74, 6) is 1.84. The molecule has 1 saturated carbocycles. The third-order valence-corrected chi connectivity index (χ3v) is 5.70. The highest BCUT2D eigenvalue weighted by atomic mass is 16.3. The number of hydrogen-bond acceptors (Lipinski definition) is 3. The van der Waals surface area contributed by atoms with Crippen molar-refractivity contribution in [2.75, 3.05) is 19.6 Å². The molecule has 3 nitrogen and oxygen atoms in total.